The van der Waals surface area contributed by atoms with Crippen LogP contribution in [0.25, 0.3) is 0 Å². The maximum Gasteiger partial charge on any atom is 0.265 e. The summed E-state index contributed by atoms with van der Waals surface area (Å²) in [5, 5.41) is 4.79. The van der Waals surface area contributed by atoms with Gasteiger partial charge in [-0.15, -0.1) is 11.3 Å². The molecule has 7 nitrogen and oxygen atoms in total. The first kappa shape index (κ1) is 24.8. The first-order chi connectivity index (χ1) is 17.0. The quantitative estimate of drug-likeness (QED) is 0.464. The summed E-state index contributed by atoms with van der Waals surface area (Å²) in [5.74, 6) is 0.858. The minimum absolute atomic E-state index is 0.0532. The highest BCUT2D eigenvalue weighted by atomic mass is 32.1. The lowest BCUT2D eigenvalue weighted by Gasteiger charge is -2.38. The van der Waals surface area contributed by atoms with E-state index in [1.54, 1.807) is 38.5 Å². The number of carbonyl (C=O) groups is 2. The lowest BCUT2D eigenvalue weighted by Crippen LogP contribution is -2.51. The van der Waals surface area contributed by atoms with Crippen LogP contribution in [0.2, 0.25) is 0 Å². The number of ether oxygens (including phenoxy) is 2. The van der Waals surface area contributed by atoms with Gasteiger partial charge in [-0.3, -0.25) is 9.59 Å². The molecule has 1 saturated carbocycles. The van der Waals surface area contributed by atoms with E-state index in [1.807, 2.05) is 40.6 Å². The third kappa shape index (κ3) is 5.83. The number of nitrogens with two attached hydrogens (primary N) is 1. The van der Waals surface area contributed by atoms with Crippen LogP contribution in [0.4, 0.5) is 5.69 Å². The van der Waals surface area contributed by atoms with E-state index in [0.717, 1.165) is 31.2 Å². The molecule has 4 rings (SSSR count). The Kier molecular flexibility index (Phi) is 8.05. The maximum absolute atomic E-state index is 13.7. The predicted molar refractivity (Wildman–Crippen MR) is 138 cm³/mol. The summed E-state index contributed by atoms with van der Waals surface area (Å²) in [6.45, 7) is 0.421. The van der Waals surface area contributed by atoms with E-state index in [-0.39, 0.29) is 23.9 Å². The average molecular weight is 494 g/mol. The fourth-order valence-corrected chi connectivity index (χ4v) is 5.11. The number of anilines is 1. The molecule has 2 atom stereocenters. The normalized spacial score (nSPS) is 17.5. The Balaban J connectivity index is 1.55. The van der Waals surface area contributed by atoms with Crippen LogP contribution in [0, 0.1) is 0 Å². The van der Waals surface area contributed by atoms with Gasteiger partial charge in [-0.05, 0) is 60.2 Å². The van der Waals surface area contributed by atoms with E-state index in [1.165, 1.54) is 11.3 Å². The Labute approximate surface area is 209 Å². The highest BCUT2D eigenvalue weighted by Crippen LogP contribution is 2.30. The van der Waals surface area contributed by atoms with Gasteiger partial charge in [0.15, 0.2) is 11.5 Å². The molecule has 8 heteroatoms. The van der Waals surface area contributed by atoms with Gasteiger partial charge in [-0.25, -0.2) is 0 Å². The number of methoxy groups -OCH3 is 2. The number of hydrogen-bond acceptors (Lipinski definition) is 6. The Morgan fingerprint density at radius 3 is 2.43 bits per heavy atom. The molecule has 1 aliphatic rings. The van der Waals surface area contributed by atoms with Crippen molar-refractivity contribution < 1.29 is 19.1 Å². The van der Waals surface area contributed by atoms with Gasteiger partial charge in [-0.2, -0.15) is 0 Å². The van der Waals surface area contributed by atoms with Crippen LogP contribution in [-0.4, -0.2) is 43.0 Å². The second kappa shape index (κ2) is 11.4. The first-order valence-electron chi connectivity index (χ1n) is 11.7. The van der Waals surface area contributed by atoms with Gasteiger partial charge in [0, 0.05) is 29.9 Å². The van der Waals surface area contributed by atoms with Crippen molar-refractivity contribution >= 4 is 28.8 Å². The van der Waals surface area contributed by atoms with E-state index >= 15 is 0 Å². The molecule has 3 N–H and O–H groups in total. The molecule has 35 heavy (non-hydrogen) atoms. The van der Waals surface area contributed by atoms with Crippen LogP contribution < -0.4 is 20.5 Å². The number of carbonyl (C=O) groups excluding carboxylic acids is 2. The lowest BCUT2D eigenvalue weighted by atomic mass is 9.89. The molecule has 1 aliphatic carbocycles. The summed E-state index contributed by atoms with van der Waals surface area (Å²) in [4.78, 5) is 28.6. The monoisotopic (exact) mass is 493 g/mol. The van der Waals surface area contributed by atoms with Gasteiger partial charge in [-0.1, -0.05) is 31.0 Å². The highest BCUT2D eigenvalue weighted by molar-refractivity contribution is 7.12. The molecular formula is C27H31N3O4S. The number of nitrogens with one attached hydrogen (secondary N) is 1. The largest absolute Gasteiger partial charge is 0.493 e. The lowest BCUT2D eigenvalue weighted by molar-refractivity contribution is 0.0583. The van der Waals surface area contributed by atoms with Gasteiger partial charge < -0.3 is 25.4 Å². The Bertz CT molecular complexity index is 1150. The van der Waals surface area contributed by atoms with E-state index in [2.05, 4.69) is 5.32 Å². The fourth-order valence-electron chi connectivity index (χ4n) is 4.49. The van der Waals surface area contributed by atoms with Crippen LogP contribution in [0.15, 0.2) is 60.0 Å². The molecule has 0 saturated heterocycles. The number of hydrogen-bond donors (Lipinski definition) is 2. The van der Waals surface area contributed by atoms with Crippen LogP contribution in [0.5, 0.6) is 11.5 Å². The number of nitrogens with zero attached hydrogens (tertiary/aromatic N) is 1. The van der Waals surface area contributed by atoms with Gasteiger partial charge >= 0.3 is 0 Å². The van der Waals surface area contributed by atoms with Gasteiger partial charge in [0.25, 0.3) is 11.8 Å². The second-order valence-electron chi connectivity index (χ2n) is 8.65. The van der Waals surface area contributed by atoms with Crippen molar-refractivity contribution in [1.82, 2.24) is 4.90 Å². The minimum Gasteiger partial charge on any atom is -0.493 e. The predicted octanol–water partition coefficient (Wildman–Crippen LogP) is 4.93. The summed E-state index contributed by atoms with van der Waals surface area (Å²) < 4.78 is 10.7. The van der Waals surface area contributed by atoms with E-state index < -0.39 is 0 Å². The van der Waals surface area contributed by atoms with Crippen molar-refractivity contribution in [1.29, 1.82) is 0 Å². The molecule has 3 aromatic rings. The van der Waals surface area contributed by atoms with Crippen molar-refractivity contribution in [3.8, 4) is 11.5 Å². The molecule has 0 spiro atoms. The van der Waals surface area contributed by atoms with Gasteiger partial charge in [0.05, 0.1) is 19.1 Å². The van der Waals surface area contributed by atoms with Crippen LogP contribution in [-0.2, 0) is 6.54 Å². The summed E-state index contributed by atoms with van der Waals surface area (Å²) >= 11 is 1.40. The molecule has 0 aliphatic heterocycles. The molecule has 0 radical (unpaired) electrons. The zero-order valence-electron chi connectivity index (χ0n) is 20.0. The zero-order chi connectivity index (χ0) is 24.8. The fraction of sp³-hybridized carbons (Fsp3) is 0.333. The molecule has 2 unspecified atom stereocenters. The van der Waals surface area contributed by atoms with Crippen molar-refractivity contribution in [3.63, 3.8) is 0 Å². The number of thiophene rings is 1. The topological polar surface area (TPSA) is 93.9 Å². The maximum atomic E-state index is 13.7. The van der Waals surface area contributed by atoms with Crippen molar-refractivity contribution in [2.45, 2.75) is 44.3 Å². The number of rotatable bonds is 8. The molecular weight excluding hydrogens is 462 g/mol. The molecule has 2 amide bonds. The molecule has 2 aromatic carbocycles. The third-order valence-electron chi connectivity index (χ3n) is 6.38. The van der Waals surface area contributed by atoms with Gasteiger partial charge in [0.2, 0.25) is 0 Å². The molecule has 1 aromatic heterocycles. The average Bonchev–Trinajstić information content (AvgIpc) is 3.43. The second-order valence-corrected chi connectivity index (χ2v) is 9.59. The highest BCUT2D eigenvalue weighted by Gasteiger charge is 2.32. The third-order valence-corrected chi connectivity index (χ3v) is 7.25. The first-order valence-corrected chi connectivity index (χ1v) is 12.6. The summed E-state index contributed by atoms with van der Waals surface area (Å²) in [6.07, 6.45) is 3.89. The van der Waals surface area contributed by atoms with Crippen molar-refractivity contribution in [2.24, 2.45) is 5.73 Å². The van der Waals surface area contributed by atoms with E-state index in [4.69, 9.17) is 15.2 Å². The number of benzene rings is 2. The summed E-state index contributed by atoms with van der Waals surface area (Å²) in [6, 6.07) is 16.3. The summed E-state index contributed by atoms with van der Waals surface area (Å²) in [5.41, 5.74) is 8.69. The zero-order valence-corrected chi connectivity index (χ0v) is 20.8. The molecule has 0 bridgehead atoms. The summed E-state index contributed by atoms with van der Waals surface area (Å²) in [7, 11) is 3.12. The van der Waals surface area contributed by atoms with E-state index in [0.29, 0.717) is 34.2 Å². The standard InChI is InChI=1S/C27H31N3O4S/c1-33-23-14-11-19(16-24(23)34-2)27(32)30(22-7-4-3-6-21(22)28)17-18-9-12-20(13-10-18)29-26(31)25-8-5-15-35-25/h5,8-16,21-22H,3-4,6-7,17,28H2,1-2H3,(H,29,31). The molecule has 1 heterocycles. The van der Waals surface area contributed by atoms with Gasteiger partial charge in [0.1, 0.15) is 0 Å². The molecule has 184 valence electrons. The SMILES string of the molecule is COc1ccc(C(=O)N(Cc2ccc(NC(=O)c3cccs3)cc2)C2CCCCC2N)cc1OC. The van der Waals surface area contributed by atoms with Crippen LogP contribution in [0.3, 0.4) is 0 Å². The van der Waals surface area contributed by atoms with Crippen molar-refractivity contribution in [3.05, 3.63) is 76.0 Å². The van der Waals surface area contributed by atoms with Crippen LogP contribution >= 0.6 is 11.3 Å². The Morgan fingerprint density at radius 2 is 1.77 bits per heavy atom. The minimum atomic E-state index is -0.133. The molecule has 1 fully saturated rings. The van der Waals surface area contributed by atoms with Crippen LogP contribution in [0.1, 0.15) is 51.3 Å². The van der Waals surface area contributed by atoms with E-state index in [9.17, 15) is 9.59 Å². The smallest absolute Gasteiger partial charge is 0.265 e. The Hall–Kier alpha value is -3.36. The van der Waals surface area contributed by atoms with Crippen molar-refractivity contribution in [2.75, 3.05) is 19.5 Å². The number of amides is 2. The Morgan fingerprint density at radius 1 is 1.03 bits per heavy atom.